The van der Waals surface area contributed by atoms with Crippen LogP contribution < -0.4 is 10.5 Å². The number of H-pyrrole nitrogens is 1. The van der Waals surface area contributed by atoms with Crippen molar-refractivity contribution in [3.05, 3.63) is 51.0 Å². The summed E-state index contributed by atoms with van der Waals surface area (Å²) < 4.78 is 0. The summed E-state index contributed by atoms with van der Waals surface area (Å²) in [6.45, 7) is 5.09. The highest BCUT2D eigenvalue weighted by atomic mass is 32.1. The highest BCUT2D eigenvalue weighted by Crippen LogP contribution is 2.28. The van der Waals surface area contributed by atoms with Gasteiger partial charge in [0.2, 0.25) is 0 Å². The van der Waals surface area contributed by atoms with Crippen LogP contribution in [-0.2, 0) is 6.54 Å². The van der Waals surface area contributed by atoms with E-state index >= 15 is 0 Å². The Labute approximate surface area is 172 Å². The second-order valence-electron chi connectivity index (χ2n) is 7.45. The highest BCUT2D eigenvalue weighted by molar-refractivity contribution is 7.20. The Bertz CT molecular complexity index is 1080. The average Bonchev–Trinajstić information content (AvgIpc) is 3.04. The minimum Gasteiger partial charge on any atom is -0.353 e. The monoisotopic (exact) mass is 412 g/mol. The van der Waals surface area contributed by atoms with Crippen LogP contribution in [0.4, 0.5) is 5.82 Å². The molecule has 0 aromatic carbocycles. The molecule has 0 aliphatic carbocycles. The highest BCUT2D eigenvalue weighted by Gasteiger charge is 2.27. The van der Waals surface area contributed by atoms with Gasteiger partial charge >= 0.3 is 0 Å². The largest absolute Gasteiger partial charge is 0.353 e. The molecule has 1 aliphatic heterocycles. The average molecular weight is 413 g/mol. The van der Waals surface area contributed by atoms with Gasteiger partial charge in [-0.05, 0) is 38.7 Å². The quantitative estimate of drug-likeness (QED) is 0.702. The van der Waals surface area contributed by atoms with Crippen LogP contribution >= 0.6 is 11.3 Å². The molecule has 0 unspecified atom stereocenters. The number of pyridine rings is 1. The number of hydrogen-bond acceptors (Lipinski definition) is 7. The lowest BCUT2D eigenvalue weighted by Gasteiger charge is -2.35. The van der Waals surface area contributed by atoms with Crippen molar-refractivity contribution in [2.24, 2.45) is 0 Å². The summed E-state index contributed by atoms with van der Waals surface area (Å²) in [5.41, 5.74) is 0.534. The molecule has 0 radical (unpaired) electrons. The zero-order valence-corrected chi connectivity index (χ0v) is 17.6. The number of anilines is 1. The molecule has 0 bridgehead atoms. The van der Waals surface area contributed by atoms with Crippen molar-refractivity contribution in [1.29, 1.82) is 0 Å². The number of nitrogens with one attached hydrogen (secondary N) is 1. The van der Waals surface area contributed by atoms with Gasteiger partial charge in [-0.2, -0.15) is 0 Å². The van der Waals surface area contributed by atoms with Gasteiger partial charge < -0.3 is 19.7 Å². The number of fused-ring (bicyclic) bond motifs is 1. The molecule has 29 heavy (non-hydrogen) atoms. The first-order valence-electron chi connectivity index (χ1n) is 9.56. The molecule has 1 amide bonds. The van der Waals surface area contributed by atoms with E-state index in [-0.39, 0.29) is 11.5 Å². The van der Waals surface area contributed by atoms with Crippen LogP contribution in [0.25, 0.3) is 10.2 Å². The van der Waals surface area contributed by atoms with Gasteiger partial charge in [0.25, 0.3) is 11.5 Å². The number of hydrogen-bond donors (Lipinski definition) is 1. The third kappa shape index (κ3) is 3.88. The molecule has 1 saturated heterocycles. The number of amides is 1. The van der Waals surface area contributed by atoms with Crippen LogP contribution in [0, 0.1) is 6.92 Å². The van der Waals surface area contributed by atoms with E-state index in [4.69, 9.17) is 0 Å². The molecule has 4 rings (SSSR count). The minimum atomic E-state index is -0.181. The lowest BCUT2D eigenvalue weighted by atomic mass is 10.2. The summed E-state index contributed by atoms with van der Waals surface area (Å²) in [7, 11) is 3.84. The molecule has 4 heterocycles. The van der Waals surface area contributed by atoms with Gasteiger partial charge in [-0.25, -0.2) is 9.97 Å². The summed E-state index contributed by atoms with van der Waals surface area (Å²) in [6, 6.07) is 5.85. The molecule has 0 atom stereocenters. The topological polar surface area (TPSA) is 85.4 Å². The summed E-state index contributed by atoms with van der Waals surface area (Å²) in [4.78, 5) is 44.7. The van der Waals surface area contributed by atoms with E-state index in [1.807, 2.05) is 49.0 Å². The van der Waals surface area contributed by atoms with Gasteiger partial charge in [-0.3, -0.25) is 9.59 Å². The Balaban J connectivity index is 1.55. The number of rotatable bonds is 4. The van der Waals surface area contributed by atoms with Crippen molar-refractivity contribution in [2.45, 2.75) is 13.5 Å². The van der Waals surface area contributed by atoms with Gasteiger partial charge in [0.1, 0.15) is 16.5 Å². The number of thiophene rings is 1. The molecule has 1 N–H and O–H groups in total. The Hall–Kier alpha value is -2.78. The normalized spacial score (nSPS) is 14.8. The predicted molar refractivity (Wildman–Crippen MR) is 115 cm³/mol. The van der Waals surface area contributed by atoms with Crippen LogP contribution in [-0.4, -0.2) is 70.9 Å². The fourth-order valence-corrected chi connectivity index (χ4v) is 4.76. The number of carbonyl (C=O) groups is 1. The first kappa shape index (κ1) is 19.5. The number of piperazine rings is 1. The number of nitrogens with zero attached hydrogens (tertiary/aromatic N) is 5. The zero-order valence-electron chi connectivity index (χ0n) is 16.8. The maximum absolute atomic E-state index is 13.2. The standard InChI is InChI=1S/C20H24N6O2S/c1-13-16-18(27)22-14(12-24(2)3)23-19(16)29-17(13)20(28)26-10-8-25(9-11-26)15-6-4-5-7-21-15/h4-7H,8-12H2,1-3H3,(H,22,23,27). The Morgan fingerprint density at radius 2 is 2.00 bits per heavy atom. The number of aromatic amines is 1. The molecule has 1 fully saturated rings. The van der Waals surface area contributed by atoms with E-state index in [1.165, 1.54) is 11.3 Å². The van der Waals surface area contributed by atoms with Gasteiger partial charge in [0.05, 0.1) is 16.8 Å². The first-order valence-corrected chi connectivity index (χ1v) is 10.4. The summed E-state index contributed by atoms with van der Waals surface area (Å²) in [5.74, 6) is 1.51. The molecule has 9 heteroatoms. The SMILES string of the molecule is Cc1c(C(=O)N2CCN(c3ccccn3)CC2)sc2nc(CN(C)C)[nH]c(=O)c12. The van der Waals surface area contributed by atoms with Crippen molar-refractivity contribution in [3.63, 3.8) is 0 Å². The summed E-state index contributed by atoms with van der Waals surface area (Å²) in [6.07, 6.45) is 1.78. The lowest BCUT2D eigenvalue weighted by molar-refractivity contribution is 0.0751. The number of carbonyl (C=O) groups excluding carboxylic acids is 1. The Morgan fingerprint density at radius 1 is 1.24 bits per heavy atom. The molecule has 3 aromatic rings. The van der Waals surface area contributed by atoms with E-state index < -0.39 is 0 Å². The molecule has 0 saturated carbocycles. The fourth-order valence-electron chi connectivity index (χ4n) is 3.59. The molecular formula is C20H24N6O2S. The molecule has 0 spiro atoms. The summed E-state index contributed by atoms with van der Waals surface area (Å²) >= 11 is 1.31. The van der Waals surface area contributed by atoms with Crippen molar-refractivity contribution in [3.8, 4) is 0 Å². The fraction of sp³-hybridized carbons (Fsp3) is 0.400. The predicted octanol–water partition coefficient (Wildman–Crippen LogP) is 1.71. The Kier molecular flexibility index (Phi) is 5.33. The van der Waals surface area contributed by atoms with E-state index in [1.54, 1.807) is 6.20 Å². The van der Waals surface area contributed by atoms with Crippen LogP contribution in [0.2, 0.25) is 0 Å². The van der Waals surface area contributed by atoms with Crippen LogP contribution in [0.5, 0.6) is 0 Å². The number of aryl methyl sites for hydroxylation is 1. The van der Waals surface area contributed by atoms with Crippen molar-refractivity contribution in [2.75, 3.05) is 45.2 Å². The van der Waals surface area contributed by atoms with Crippen molar-refractivity contribution < 1.29 is 4.79 Å². The van der Waals surface area contributed by atoms with Crippen LogP contribution in [0.3, 0.4) is 0 Å². The third-order valence-corrected chi connectivity index (χ3v) is 6.22. The first-order chi connectivity index (χ1) is 13.9. The Morgan fingerprint density at radius 3 is 2.66 bits per heavy atom. The van der Waals surface area contributed by atoms with Gasteiger partial charge in [-0.1, -0.05) is 6.07 Å². The molecule has 152 valence electrons. The molecule has 3 aromatic heterocycles. The zero-order chi connectivity index (χ0) is 20.5. The maximum atomic E-state index is 13.2. The van der Waals surface area contributed by atoms with E-state index in [0.29, 0.717) is 46.1 Å². The van der Waals surface area contributed by atoms with E-state index in [2.05, 4.69) is 19.9 Å². The van der Waals surface area contributed by atoms with Gasteiger partial charge in [-0.15, -0.1) is 11.3 Å². The second-order valence-corrected chi connectivity index (χ2v) is 8.45. The van der Waals surface area contributed by atoms with E-state index in [9.17, 15) is 9.59 Å². The number of aromatic nitrogens is 3. The van der Waals surface area contributed by atoms with Crippen LogP contribution in [0.15, 0.2) is 29.2 Å². The maximum Gasteiger partial charge on any atom is 0.264 e. The third-order valence-electron chi connectivity index (χ3n) is 5.05. The van der Waals surface area contributed by atoms with Crippen molar-refractivity contribution in [1.82, 2.24) is 24.8 Å². The van der Waals surface area contributed by atoms with Crippen LogP contribution in [0.1, 0.15) is 21.1 Å². The smallest absolute Gasteiger partial charge is 0.264 e. The minimum absolute atomic E-state index is 0.0280. The second kappa shape index (κ2) is 7.92. The molecule has 8 nitrogen and oxygen atoms in total. The lowest BCUT2D eigenvalue weighted by Crippen LogP contribution is -2.49. The van der Waals surface area contributed by atoms with Gasteiger partial charge in [0.15, 0.2) is 0 Å². The van der Waals surface area contributed by atoms with E-state index in [0.717, 1.165) is 18.9 Å². The molecule has 1 aliphatic rings. The summed E-state index contributed by atoms with van der Waals surface area (Å²) in [5, 5.41) is 0.521. The molecular weight excluding hydrogens is 388 g/mol. The van der Waals surface area contributed by atoms with Gasteiger partial charge in [0, 0.05) is 32.4 Å². The van der Waals surface area contributed by atoms with Crippen molar-refractivity contribution >= 4 is 33.3 Å².